The average Bonchev–Trinajstić information content (AvgIpc) is 2.74. The zero-order valence-electron chi connectivity index (χ0n) is 14.3. The lowest BCUT2D eigenvalue weighted by atomic mass is 10.0. The van der Waals surface area contributed by atoms with Gasteiger partial charge in [-0.25, -0.2) is 9.38 Å². The van der Waals surface area contributed by atoms with Crippen LogP contribution >= 0.6 is 11.8 Å². The minimum atomic E-state index is -0.197. The third-order valence-corrected chi connectivity index (χ3v) is 4.91. The predicted octanol–water partition coefficient (Wildman–Crippen LogP) is 5.24. The molecular formula is C18H27FN2S. The van der Waals surface area contributed by atoms with Crippen LogP contribution in [0.25, 0.3) is 0 Å². The molecule has 1 aromatic rings. The van der Waals surface area contributed by atoms with Crippen LogP contribution in [0, 0.1) is 24.6 Å². The van der Waals surface area contributed by atoms with Gasteiger partial charge in [0, 0.05) is 18.3 Å². The number of halogens is 1. The van der Waals surface area contributed by atoms with E-state index < -0.39 is 0 Å². The summed E-state index contributed by atoms with van der Waals surface area (Å²) in [7, 11) is 0. The largest absolute Gasteiger partial charge is 0.347 e. The van der Waals surface area contributed by atoms with Crippen molar-refractivity contribution in [2.45, 2.75) is 47.1 Å². The van der Waals surface area contributed by atoms with E-state index in [9.17, 15) is 4.39 Å². The SMILES string of the molecule is Cc1cc(F)ccc1N=C1SC[C@H](CC(C)C)N1CC(C)C. The molecule has 22 heavy (non-hydrogen) atoms. The molecule has 0 unspecified atom stereocenters. The van der Waals surface area contributed by atoms with E-state index in [1.807, 2.05) is 18.7 Å². The molecule has 0 saturated carbocycles. The Hall–Kier alpha value is -1.03. The lowest BCUT2D eigenvalue weighted by molar-refractivity contribution is 0.279. The van der Waals surface area contributed by atoms with Gasteiger partial charge in [-0.15, -0.1) is 0 Å². The molecule has 1 atom stereocenters. The first-order valence-electron chi connectivity index (χ1n) is 8.11. The molecule has 0 N–H and O–H groups in total. The molecule has 0 bridgehead atoms. The molecular weight excluding hydrogens is 295 g/mol. The molecule has 122 valence electrons. The summed E-state index contributed by atoms with van der Waals surface area (Å²) in [6.07, 6.45) is 1.20. The number of thioether (sulfide) groups is 1. The fourth-order valence-corrected chi connectivity index (χ4v) is 4.01. The molecule has 0 aromatic heterocycles. The standard InChI is InChI=1S/C18H27FN2S/c1-12(2)8-16-11-22-18(21(16)10-13(3)4)20-17-7-6-15(19)9-14(17)5/h6-7,9,12-13,16H,8,10-11H2,1-5H3/t16-/m0/s1. The molecule has 0 radical (unpaired) electrons. The van der Waals surface area contributed by atoms with Gasteiger partial charge in [-0.05, 0) is 48.9 Å². The summed E-state index contributed by atoms with van der Waals surface area (Å²) in [6.45, 7) is 12.0. The van der Waals surface area contributed by atoms with Crippen molar-refractivity contribution in [3.63, 3.8) is 0 Å². The average molecular weight is 322 g/mol. The maximum absolute atomic E-state index is 13.3. The van der Waals surface area contributed by atoms with Crippen LogP contribution in [0.1, 0.15) is 39.7 Å². The van der Waals surface area contributed by atoms with Crippen LogP contribution in [0.3, 0.4) is 0 Å². The molecule has 0 amide bonds. The van der Waals surface area contributed by atoms with Crippen molar-refractivity contribution in [3.05, 3.63) is 29.6 Å². The Morgan fingerprint density at radius 2 is 2.00 bits per heavy atom. The van der Waals surface area contributed by atoms with Gasteiger partial charge in [0.1, 0.15) is 5.82 Å². The minimum absolute atomic E-state index is 0.197. The van der Waals surface area contributed by atoms with Crippen LogP contribution < -0.4 is 0 Å². The highest BCUT2D eigenvalue weighted by Crippen LogP contribution is 2.32. The fraction of sp³-hybridized carbons (Fsp3) is 0.611. The van der Waals surface area contributed by atoms with Gasteiger partial charge in [-0.1, -0.05) is 39.5 Å². The van der Waals surface area contributed by atoms with E-state index in [0.29, 0.717) is 17.9 Å². The highest BCUT2D eigenvalue weighted by molar-refractivity contribution is 8.14. The number of hydrogen-bond acceptors (Lipinski definition) is 2. The van der Waals surface area contributed by atoms with E-state index in [4.69, 9.17) is 4.99 Å². The first-order chi connectivity index (χ1) is 10.4. The lowest BCUT2D eigenvalue weighted by Crippen LogP contribution is -2.37. The summed E-state index contributed by atoms with van der Waals surface area (Å²) in [5.41, 5.74) is 1.77. The number of aliphatic imine (C=N–C) groups is 1. The van der Waals surface area contributed by atoms with Gasteiger partial charge >= 0.3 is 0 Å². The number of hydrogen-bond donors (Lipinski definition) is 0. The fourth-order valence-electron chi connectivity index (χ4n) is 2.80. The molecule has 2 nitrogen and oxygen atoms in total. The Kier molecular flexibility index (Phi) is 5.90. The van der Waals surface area contributed by atoms with Crippen molar-refractivity contribution in [2.24, 2.45) is 16.8 Å². The van der Waals surface area contributed by atoms with Crippen molar-refractivity contribution >= 4 is 22.6 Å². The molecule has 1 fully saturated rings. The number of amidine groups is 1. The molecule has 1 aromatic carbocycles. The van der Waals surface area contributed by atoms with E-state index in [2.05, 4.69) is 32.6 Å². The van der Waals surface area contributed by atoms with Crippen LogP contribution in [0.5, 0.6) is 0 Å². The van der Waals surface area contributed by atoms with E-state index in [1.54, 1.807) is 12.1 Å². The Morgan fingerprint density at radius 1 is 1.27 bits per heavy atom. The second-order valence-corrected chi connectivity index (χ2v) is 7.95. The van der Waals surface area contributed by atoms with Crippen LogP contribution in [0.4, 0.5) is 10.1 Å². The quantitative estimate of drug-likeness (QED) is 0.736. The van der Waals surface area contributed by atoms with Gasteiger partial charge in [0.05, 0.1) is 5.69 Å². The number of aryl methyl sites for hydroxylation is 1. The zero-order chi connectivity index (χ0) is 16.3. The van der Waals surface area contributed by atoms with Crippen molar-refractivity contribution < 1.29 is 4.39 Å². The zero-order valence-corrected chi connectivity index (χ0v) is 15.1. The molecule has 1 aliphatic heterocycles. The molecule has 0 spiro atoms. The first-order valence-corrected chi connectivity index (χ1v) is 9.09. The van der Waals surface area contributed by atoms with Gasteiger partial charge < -0.3 is 4.90 Å². The highest BCUT2D eigenvalue weighted by Gasteiger charge is 2.31. The molecule has 1 saturated heterocycles. The van der Waals surface area contributed by atoms with Gasteiger partial charge in [-0.3, -0.25) is 0 Å². The number of benzene rings is 1. The van der Waals surface area contributed by atoms with Crippen LogP contribution in [0.15, 0.2) is 23.2 Å². The topological polar surface area (TPSA) is 15.6 Å². The monoisotopic (exact) mass is 322 g/mol. The van der Waals surface area contributed by atoms with Crippen LogP contribution in [0.2, 0.25) is 0 Å². The second-order valence-electron chi connectivity index (χ2n) is 6.97. The first kappa shape index (κ1) is 17.3. The third kappa shape index (κ3) is 4.48. The van der Waals surface area contributed by atoms with Crippen LogP contribution in [-0.2, 0) is 0 Å². The summed E-state index contributed by atoms with van der Waals surface area (Å²) in [4.78, 5) is 7.29. The van der Waals surface area contributed by atoms with E-state index in [-0.39, 0.29) is 5.82 Å². The van der Waals surface area contributed by atoms with Crippen LogP contribution in [-0.4, -0.2) is 28.4 Å². The maximum Gasteiger partial charge on any atom is 0.164 e. The molecule has 1 aliphatic rings. The van der Waals surface area contributed by atoms with Gasteiger partial charge in [-0.2, -0.15) is 0 Å². The van der Waals surface area contributed by atoms with Crippen molar-refractivity contribution in [3.8, 4) is 0 Å². The van der Waals surface area contributed by atoms with E-state index in [0.717, 1.165) is 28.7 Å². The summed E-state index contributed by atoms with van der Waals surface area (Å²) < 4.78 is 13.3. The maximum atomic E-state index is 13.3. The summed E-state index contributed by atoms with van der Waals surface area (Å²) in [6, 6.07) is 5.38. The third-order valence-electron chi connectivity index (χ3n) is 3.77. The molecule has 4 heteroatoms. The normalized spacial score (nSPS) is 20.6. The Bertz CT molecular complexity index is 540. The van der Waals surface area contributed by atoms with Gasteiger partial charge in [0.25, 0.3) is 0 Å². The summed E-state index contributed by atoms with van der Waals surface area (Å²) in [5, 5.41) is 1.09. The number of nitrogens with zero attached hydrogens (tertiary/aromatic N) is 2. The molecule has 1 heterocycles. The Morgan fingerprint density at radius 3 is 2.59 bits per heavy atom. The van der Waals surface area contributed by atoms with Crippen molar-refractivity contribution in [2.75, 3.05) is 12.3 Å². The minimum Gasteiger partial charge on any atom is -0.347 e. The van der Waals surface area contributed by atoms with Gasteiger partial charge in [0.2, 0.25) is 0 Å². The van der Waals surface area contributed by atoms with E-state index >= 15 is 0 Å². The van der Waals surface area contributed by atoms with Crippen molar-refractivity contribution in [1.29, 1.82) is 0 Å². The predicted molar refractivity (Wildman–Crippen MR) is 95.5 cm³/mol. The summed E-state index contributed by atoms with van der Waals surface area (Å²) in [5.74, 6) is 2.20. The molecule has 2 rings (SSSR count). The summed E-state index contributed by atoms with van der Waals surface area (Å²) >= 11 is 1.83. The van der Waals surface area contributed by atoms with Crippen molar-refractivity contribution in [1.82, 2.24) is 4.90 Å². The molecule has 0 aliphatic carbocycles. The smallest absolute Gasteiger partial charge is 0.164 e. The van der Waals surface area contributed by atoms with E-state index in [1.165, 1.54) is 12.5 Å². The lowest BCUT2D eigenvalue weighted by Gasteiger charge is -2.29. The Labute approximate surface area is 138 Å². The Balaban J connectivity index is 2.25. The van der Waals surface area contributed by atoms with Gasteiger partial charge in [0.15, 0.2) is 5.17 Å². The second kappa shape index (κ2) is 7.49. The number of rotatable bonds is 5. The highest BCUT2D eigenvalue weighted by atomic mass is 32.2.